The van der Waals surface area contributed by atoms with Crippen LogP contribution in [0, 0.1) is 0 Å². The third-order valence-corrected chi connectivity index (χ3v) is 3.37. The van der Waals surface area contributed by atoms with Crippen LogP contribution in [-0.4, -0.2) is 15.3 Å². The maximum absolute atomic E-state index is 12.2. The van der Waals surface area contributed by atoms with Gasteiger partial charge in [0.25, 0.3) is 0 Å². The Morgan fingerprint density at radius 2 is 2.16 bits per heavy atom. The lowest BCUT2D eigenvalue weighted by atomic mass is 10.1. The summed E-state index contributed by atoms with van der Waals surface area (Å²) in [6.45, 7) is 2.33. The molecule has 5 heteroatoms. The second-order valence-electron chi connectivity index (χ2n) is 4.27. The van der Waals surface area contributed by atoms with Gasteiger partial charge in [-0.05, 0) is 24.6 Å². The van der Waals surface area contributed by atoms with Crippen molar-refractivity contribution in [3.63, 3.8) is 0 Å². The van der Waals surface area contributed by atoms with Crippen LogP contribution >= 0.6 is 23.2 Å². The Morgan fingerprint density at radius 3 is 2.84 bits per heavy atom. The number of benzene rings is 1. The summed E-state index contributed by atoms with van der Waals surface area (Å²) in [6, 6.07) is 4.90. The first-order chi connectivity index (χ1) is 9.11. The van der Waals surface area contributed by atoms with Crippen LogP contribution in [0.3, 0.4) is 0 Å². The molecular formula is C14H14Cl2N2O. The van der Waals surface area contributed by atoms with Crippen LogP contribution in [0.15, 0.2) is 30.6 Å². The van der Waals surface area contributed by atoms with Gasteiger partial charge in [-0.3, -0.25) is 4.79 Å². The molecule has 19 heavy (non-hydrogen) atoms. The number of ketones is 1. The van der Waals surface area contributed by atoms with Crippen LogP contribution in [0.4, 0.5) is 0 Å². The minimum Gasteiger partial charge on any atom is -0.327 e. The van der Waals surface area contributed by atoms with E-state index in [1.165, 1.54) is 0 Å². The van der Waals surface area contributed by atoms with Crippen molar-refractivity contribution < 1.29 is 4.79 Å². The number of carbonyl (C=O) groups is 1. The van der Waals surface area contributed by atoms with Gasteiger partial charge in [-0.25, -0.2) is 4.98 Å². The number of hydrogen-bond acceptors (Lipinski definition) is 2. The first-order valence-electron chi connectivity index (χ1n) is 6.10. The normalized spacial score (nSPS) is 10.7. The number of carbonyl (C=O) groups excluding carboxylic acids is 1. The average molecular weight is 297 g/mol. The summed E-state index contributed by atoms with van der Waals surface area (Å²) in [4.78, 5) is 16.5. The number of halogens is 2. The lowest BCUT2D eigenvalue weighted by Gasteiger charge is -2.08. The molecule has 0 aliphatic rings. The van der Waals surface area contributed by atoms with Gasteiger partial charge in [-0.2, -0.15) is 0 Å². The molecule has 0 aliphatic carbocycles. The lowest BCUT2D eigenvalue weighted by Crippen LogP contribution is -2.13. The second-order valence-corrected chi connectivity index (χ2v) is 5.11. The highest BCUT2D eigenvalue weighted by molar-refractivity contribution is 6.36. The second kappa shape index (κ2) is 6.22. The fourth-order valence-corrected chi connectivity index (χ4v) is 2.41. The predicted octanol–water partition coefficient (Wildman–Crippen LogP) is 4.03. The Hall–Kier alpha value is -1.32. The zero-order valence-corrected chi connectivity index (χ0v) is 12.1. The van der Waals surface area contributed by atoms with Gasteiger partial charge in [0.15, 0.2) is 5.78 Å². The van der Waals surface area contributed by atoms with E-state index in [4.69, 9.17) is 23.2 Å². The number of hydrogen-bond donors (Lipinski definition) is 0. The highest BCUT2D eigenvalue weighted by Crippen LogP contribution is 2.22. The van der Waals surface area contributed by atoms with Crippen LogP contribution in [0.25, 0.3) is 0 Å². The van der Waals surface area contributed by atoms with Crippen molar-refractivity contribution in [3.05, 3.63) is 52.0 Å². The molecule has 2 aromatic rings. The van der Waals surface area contributed by atoms with Crippen molar-refractivity contribution in [2.45, 2.75) is 26.3 Å². The van der Waals surface area contributed by atoms with Gasteiger partial charge in [0.1, 0.15) is 5.82 Å². The molecule has 100 valence electrons. The van der Waals surface area contributed by atoms with Crippen LogP contribution in [0.2, 0.25) is 10.0 Å². The first kappa shape index (κ1) is 14.1. The van der Waals surface area contributed by atoms with Gasteiger partial charge in [-0.1, -0.05) is 30.1 Å². The monoisotopic (exact) mass is 296 g/mol. The van der Waals surface area contributed by atoms with Gasteiger partial charge in [0.05, 0.1) is 11.6 Å². The summed E-state index contributed by atoms with van der Waals surface area (Å²) >= 11 is 11.9. The maximum Gasteiger partial charge on any atom is 0.184 e. The molecule has 0 spiro atoms. The molecule has 1 aromatic carbocycles. The van der Waals surface area contributed by atoms with Crippen molar-refractivity contribution in [3.8, 4) is 0 Å². The summed E-state index contributed by atoms with van der Waals surface area (Å²) in [5, 5.41) is 0.908. The van der Waals surface area contributed by atoms with Crippen LogP contribution in [0.5, 0.6) is 0 Å². The molecule has 2 rings (SSSR count). The smallest absolute Gasteiger partial charge is 0.184 e. The Bertz CT molecular complexity index is 593. The minimum absolute atomic E-state index is 0.0444. The fraction of sp³-hybridized carbons (Fsp3) is 0.286. The molecule has 0 bridgehead atoms. The highest BCUT2D eigenvalue weighted by Gasteiger charge is 2.13. The molecule has 1 aromatic heterocycles. The van der Waals surface area contributed by atoms with E-state index in [9.17, 15) is 4.79 Å². The fourth-order valence-electron chi connectivity index (χ4n) is 1.89. The number of nitrogens with zero attached hydrogens (tertiary/aromatic N) is 2. The van der Waals surface area contributed by atoms with E-state index in [-0.39, 0.29) is 12.3 Å². The van der Waals surface area contributed by atoms with Crippen molar-refractivity contribution >= 4 is 29.0 Å². The molecule has 0 fully saturated rings. The molecule has 3 nitrogen and oxygen atoms in total. The number of aromatic nitrogens is 2. The zero-order chi connectivity index (χ0) is 13.8. The molecule has 0 amide bonds. The maximum atomic E-state index is 12.2. The number of imidazole rings is 1. The Kier molecular flexibility index (Phi) is 4.61. The van der Waals surface area contributed by atoms with Gasteiger partial charge in [0.2, 0.25) is 0 Å². The van der Waals surface area contributed by atoms with Crippen LogP contribution < -0.4 is 0 Å². The van der Waals surface area contributed by atoms with E-state index in [0.717, 1.165) is 18.7 Å². The van der Waals surface area contributed by atoms with E-state index in [1.807, 2.05) is 10.8 Å². The summed E-state index contributed by atoms with van der Waals surface area (Å²) in [5.74, 6) is 0.873. The molecule has 0 aliphatic heterocycles. The van der Waals surface area contributed by atoms with Gasteiger partial charge in [-0.15, -0.1) is 0 Å². The molecular weight excluding hydrogens is 283 g/mol. The molecule has 0 N–H and O–H groups in total. The van der Waals surface area contributed by atoms with E-state index >= 15 is 0 Å². The molecule has 0 atom stereocenters. The summed E-state index contributed by atoms with van der Waals surface area (Å²) < 4.78 is 1.86. The van der Waals surface area contributed by atoms with Crippen LogP contribution in [-0.2, 0) is 13.0 Å². The molecule has 1 heterocycles. The third kappa shape index (κ3) is 3.37. The van der Waals surface area contributed by atoms with E-state index < -0.39 is 0 Å². The average Bonchev–Trinajstić information content (AvgIpc) is 2.77. The summed E-state index contributed by atoms with van der Waals surface area (Å²) in [6.07, 6.45) is 5.37. The molecule has 0 radical (unpaired) electrons. The Balaban J connectivity index is 2.18. The quantitative estimate of drug-likeness (QED) is 0.781. The summed E-state index contributed by atoms with van der Waals surface area (Å²) in [7, 11) is 0. The Labute approximate surface area is 122 Å². The molecule has 0 unspecified atom stereocenters. The van der Waals surface area contributed by atoms with E-state index in [2.05, 4.69) is 11.9 Å². The molecule has 0 saturated carbocycles. The molecule has 0 saturated heterocycles. The SMILES string of the molecule is CCCc1nccn1CC(=O)c1ccc(Cl)cc1Cl. The first-order valence-corrected chi connectivity index (χ1v) is 6.85. The largest absolute Gasteiger partial charge is 0.327 e. The Morgan fingerprint density at radius 1 is 1.37 bits per heavy atom. The number of Topliss-reactive ketones (excluding diaryl/α,β-unsaturated/α-hetero) is 1. The third-order valence-electron chi connectivity index (χ3n) is 2.82. The van der Waals surface area contributed by atoms with Crippen molar-refractivity contribution in [2.75, 3.05) is 0 Å². The van der Waals surface area contributed by atoms with E-state index in [0.29, 0.717) is 15.6 Å². The van der Waals surface area contributed by atoms with Crippen molar-refractivity contribution in [1.29, 1.82) is 0 Å². The van der Waals surface area contributed by atoms with E-state index in [1.54, 1.807) is 24.4 Å². The minimum atomic E-state index is -0.0444. The van der Waals surface area contributed by atoms with Gasteiger partial charge in [0, 0.05) is 29.4 Å². The van der Waals surface area contributed by atoms with Crippen LogP contribution in [0.1, 0.15) is 29.5 Å². The van der Waals surface area contributed by atoms with Crippen molar-refractivity contribution in [2.24, 2.45) is 0 Å². The highest BCUT2D eigenvalue weighted by atomic mass is 35.5. The predicted molar refractivity (Wildman–Crippen MR) is 77.0 cm³/mol. The van der Waals surface area contributed by atoms with Gasteiger partial charge >= 0.3 is 0 Å². The standard InChI is InChI=1S/C14H14Cl2N2O/c1-2-3-14-17-6-7-18(14)9-13(19)11-5-4-10(15)8-12(11)16/h4-8H,2-3,9H2,1H3. The topological polar surface area (TPSA) is 34.9 Å². The number of rotatable bonds is 5. The van der Waals surface area contributed by atoms with Crippen molar-refractivity contribution in [1.82, 2.24) is 9.55 Å². The number of aryl methyl sites for hydroxylation is 1. The zero-order valence-electron chi connectivity index (χ0n) is 10.6. The summed E-state index contributed by atoms with van der Waals surface area (Å²) in [5.41, 5.74) is 0.488. The van der Waals surface area contributed by atoms with Gasteiger partial charge < -0.3 is 4.57 Å². The lowest BCUT2D eigenvalue weighted by molar-refractivity contribution is 0.0971.